The van der Waals surface area contributed by atoms with Gasteiger partial charge in [0.1, 0.15) is 35.4 Å². The van der Waals surface area contributed by atoms with E-state index in [0.29, 0.717) is 5.95 Å². The summed E-state index contributed by atoms with van der Waals surface area (Å²) >= 11 is 0. The fourth-order valence-corrected chi connectivity index (χ4v) is 4.80. The Bertz CT molecular complexity index is 1280. The Kier molecular flexibility index (Phi) is 5.88. The summed E-state index contributed by atoms with van der Waals surface area (Å²) < 4.78 is 24.3. The second-order valence-corrected chi connectivity index (χ2v) is 8.19. The molecule has 2 heterocycles. The molecule has 1 aliphatic heterocycles. The fourth-order valence-electron chi connectivity index (χ4n) is 4.80. The molecule has 1 N–H and O–H groups in total. The highest BCUT2D eigenvalue weighted by Crippen LogP contribution is 2.46. The number of hydrogen-bond donors (Lipinski definition) is 1. The van der Waals surface area contributed by atoms with E-state index in [1.807, 2.05) is 41.1 Å². The van der Waals surface area contributed by atoms with Crippen LogP contribution in [-0.4, -0.2) is 43.2 Å². The van der Waals surface area contributed by atoms with Gasteiger partial charge in [0.05, 0.1) is 28.4 Å². The first-order valence-electron chi connectivity index (χ1n) is 11.2. The molecular weight excluding hydrogens is 432 g/mol. The van der Waals surface area contributed by atoms with Crippen LogP contribution in [-0.2, 0) is 0 Å². The summed E-state index contributed by atoms with van der Waals surface area (Å²) in [5, 5.41) is 8.09. The largest absolute Gasteiger partial charge is 0.497 e. The van der Waals surface area contributed by atoms with Crippen molar-refractivity contribution in [3.8, 4) is 23.0 Å². The number of ether oxygens (including phenoxy) is 4. The molecule has 0 amide bonds. The predicted octanol–water partition coefficient (Wildman–Crippen LogP) is 4.85. The summed E-state index contributed by atoms with van der Waals surface area (Å²) in [6, 6.07) is 11.5. The maximum atomic E-state index is 5.74. The molecule has 34 heavy (non-hydrogen) atoms. The number of anilines is 1. The lowest BCUT2D eigenvalue weighted by molar-refractivity contribution is 0.391. The minimum atomic E-state index is -0.158. The van der Waals surface area contributed by atoms with Crippen molar-refractivity contribution in [1.82, 2.24) is 14.8 Å². The molecule has 8 nitrogen and oxygen atoms in total. The number of nitrogens with zero attached hydrogens (tertiary/aromatic N) is 3. The maximum Gasteiger partial charge on any atom is 0.226 e. The number of nitrogens with one attached hydrogen (secondary N) is 1. The van der Waals surface area contributed by atoms with Crippen molar-refractivity contribution in [3.63, 3.8) is 0 Å². The van der Waals surface area contributed by atoms with Gasteiger partial charge in [0, 0.05) is 16.8 Å². The molecule has 0 radical (unpaired) electrons. The zero-order valence-corrected chi connectivity index (χ0v) is 19.8. The number of allylic oxidation sites excluding steroid dienone is 2. The van der Waals surface area contributed by atoms with Gasteiger partial charge in [-0.15, -0.1) is 0 Å². The van der Waals surface area contributed by atoms with Crippen molar-refractivity contribution in [3.05, 3.63) is 70.7 Å². The minimum absolute atomic E-state index is 0.158. The van der Waals surface area contributed by atoms with Gasteiger partial charge >= 0.3 is 0 Å². The van der Waals surface area contributed by atoms with Crippen molar-refractivity contribution < 1.29 is 18.9 Å². The van der Waals surface area contributed by atoms with Gasteiger partial charge in [-0.25, -0.2) is 4.68 Å². The van der Waals surface area contributed by atoms with Crippen LogP contribution < -0.4 is 24.3 Å². The number of fused-ring (bicyclic) bond motifs is 1. The third kappa shape index (κ3) is 3.75. The van der Waals surface area contributed by atoms with E-state index in [0.717, 1.165) is 59.1 Å². The van der Waals surface area contributed by atoms with Crippen LogP contribution in [0.5, 0.6) is 23.0 Å². The first kappa shape index (κ1) is 21.9. The van der Waals surface area contributed by atoms with Gasteiger partial charge in [0.25, 0.3) is 0 Å². The first-order chi connectivity index (χ1) is 16.7. The zero-order chi connectivity index (χ0) is 23.7. The molecule has 1 aliphatic carbocycles. The molecule has 1 aromatic heterocycles. The molecule has 8 heteroatoms. The molecule has 3 aromatic rings. The highest BCUT2D eigenvalue weighted by molar-refractivity contribution is 5.69. The fraction of sp³-hybridized carbons (Fsp3) is 0.308. The Balaban J connectivity index is 1.68. The topological polar surface area (TPSA) is 79.7 Å². The summed E-state index contributed by atoms with van der Waals surface area (Å²) in [5.41, 5.74) is 5.46. The minimum Gasteiger partial charge on any atom is -0.497 e. The first-order valence-corrected chi connectivity index (χ1v) is 11.2. The van der Waals surface area contributed by atoms with Gasteiger partial charge in [-0.1, -0.05) is 0 Å². The smallest absolute Gasteiger partial charge is 0.226 e. The molecular formula is C26H28N4O4. The maximum absolute atomic E-state index is 5.74. The van der Waals surface area contributed by atoms with Gasteiger partial charge < -0.3 is 24.3 Å². The Labute approximate surface area is 198 Å². The van der Waals surface area contributed by atoms with Gasteiger partial charge in [-0.3, -0.25) is 0 Å². The van der Waals surface area contributed by atoms with E-state index >= 15 is 0 Å². The molecule has 176 valence electrons. The SMILES string of the molecule is COc1ccc(OC)c(/C=C2\CCCC3=C2Nc2ncnn2[C@@H]3c2cc(OC)ccc2OC)c1. The molecule has 2 aromatic carbocycles. The normalized spacial score (nSPS) is 18.1. The summed E-state index contributed by atoms with van der Waals surface area (Å²) in [6.45, 7) is 0. The number of rotatable bonds is 6. The molecule has 5 rings (SSSR count). The van der Waals surface area contributed by atoms with E-state index in [-0.39, 0.29) is 6.04 Å². The van der Waals surface area contributed by atoms with Crippen LogP contribution in [0.25, 0.3) is 6.08 Å². The van der Waals surface area contributed by atoms with Gasteiger partial charge in [-0.05, 0) is 72.9 Å². The van der Waals surface area contributed by atoms with Gasteiger partial charge in [0.2, 0.25) is 5.95 Å². The van der Waals surface area contributed by atoms with Crippen molar-refractivity contribution in [1.29, 1.82) is 0 Å². The average molecular weight is 461 g/mol. The third-order valence-corrected chi connectivity index (χ3v) is 6.42. The Morgan fingerprint density at radius 1 is 0.912 bits per heavy atom. The van der Waals surface area contributed by atoms with Crippen LogP contribution in [0.1, 0.15) is 36.4 Å². The highest BCUT2D eigenvalue weighted by Gasteiger charge is 2.35. The van der Waals surface area contributed by atoms with Gasteiger partial charge in [0.15, 0.2) is 0 Å². The van der Waals surface area contributed by atoms with Crippen LogP contribution in [0, 0.1) is 0 Å². The summed E-state index contributed by atoms with van der Waals surface area (Å²) in [6.07, 6.45) is 6.64. The number of benzene rings is 2. The molecule has 0 unspecified atom stereocenters. The predicted molar refractivity (Wildman–Crippen MR) is 130 cm³/mol. The quantitative estimate of drug-likeness (QED) is 0.563. The number of hydrogen-bond acceptors (Lipinski definition) is 7. The van der Waals surface area contributed by atoms with Crippen molar-refractivity contribution in [2.45, 2.75) is 25.3 Å². The van der Waals surface area contributed by atoms with Crippen LogP contribution in [0.15, 0.2) is 59.6 Å². The van der Waals surface area contributed by atoms with E-state index in [2.05, 4.69) is 21.5 Å². The lowest BCUT2D eigenvalue weighted by Crippen LogP contribution is -2.28. The lowest BCUT2D eigenvalue weighted by atomic mass is 9.83. The van der Waals surface area contributed by atoms with Gasteiger partial charge in [-0.2, -0.15) is 10.1 Å². The molecule has 1 atom stereocenters. The van der Waals surface area contributed by atoms with E-state index in [9.17, 15) is 0 Å². The Morgan fingerprint density at radius 2 is 1.65 bits per heavy atom. The van der Waals surface area contributed by atoms with E-state index in [1.165, 1.54) is 11.1 Å². The molecule has 2 aliphatic rings. The van der Waals surface area contributed by atoms with Crippen molar-refractivity contribution >= 4 is 12.0 Å². The summed E-state index contributed by atoms with van der Waals surface area (Å²) in [4.78, 5) is 4.49. The van der Waals surface area contributed by atoms with E-state index < -0.39 is 0 Å². The molecule has 0 spiro atoms. The monoisotopic (exact) mass is 460 g/mol. The second-order valence-electron chi connectivity index (χ2n) is 8.19. The Morgan fingerprint density at radius 3 is 2.38 bits per heavy atom. The van der Waals surface area contributed by atoms with Crippen LogP contribution in [0.2, 0.25) is 0 Å². The lowest BCUT2D eigenvalue weighted by Gasteiger charge is -2.35. The standard InChI is InChI=1S/C26H28N4O4/c1-31-18-8-10-22(33-3)17(13-18)12-16-6-5-7-20-24(16)29-26-27-15-28-30(26)25(20)21-14-19(32-2)9-11-23(21)34-4/h8-15,25H,5-7H2,1-4H3,(H,27,28,29)/b16-12+/t25-/m0/s1. The zero-order valence-electron chi connectivity index (χ0n) is 19.8. The number of aromatic nitrogens is 3. The van der Waals surface area contributed by atoms with Crippen molar-refractivity contribution in [2.75, 3.05) is 33.8 Å². The van der Waals surface area contributed by atoms with E-state index in [4.69, 9.17) is 18.9 Å². The third-order valence-electron chi connectivity index (χ3n) is 6.42. The molecule has 0 saturated carbocycles. The highest BCUT2D eigenvalue weighted by atomic mass is 16.5. The van der Waals surface area contributed by atoms with Crippen LogP contribution in [0.4, 0.5) is 5.95 Å². The van der Waals surface area contributed by atoms with Crippen LogP contribution >= 0.6 is 0 Å². The summed E-state index contributed by atoms with van der Waals surface area (Å²) in [5.74, 6) is 3.83. The molecule has 0 fully saturated rings. The van der Waals surface area contributed by atoms with Crippen molar-refractivity contribution in [2.24, 2.45) is 0 Å². The molecule has 0 bridgehead atoms. The second kappa shape index (κ2) is 9.13. The number of methoxy groups -OCH3 is 4. The molecule has 0 saturated heterocycles. The Hall–Kier alpha value is -3.94. The van der Waals surface area contributed by atoms with E-state index in [1.54, 1.807) is 34.8 Å². The summed E-state index contributed by atoms with van der Waals surface area (Å²) in [7, 11) is 6.71. The van der Waals surface area contributed by atoms with Crippen LogP contribution in [0.3, 0.4) is 0 Å². The average Bonchev–Trinajstić information content (AvgIpc) is 3.35.